The van der Waals surface area contributed by atoms with Gasteiger partial charge in [0.2, 0.25) is 0 Å². The van der Waals surface area contributed by atoms with E-state index in [2.05, 4.69) is 27.9 Å². The van der Waals surface area contributed by atoms with Gasteiger partial charge in [-0.05, 0) is 30.7 Å². The van der Waals surface area contributed by atoms with E-state index in [-0.39, 0.29) is 17.6 Å². The highest BCUT2D eigenvalue weighted by Gasteiger charge is 2.23. The number of para-hydroxylation sites is 1. The first-order valence-electron chi connectivity index (χ1n) is 7.92. The molecule has 1 aromatic heterocycles. The number of aromatic nitrogens is 1. The van der Waals surface area contributed by atoms with Crippen molar-refractivity contribution in [1.82, 2.24) is 15.9 Å². The summed E-state index contributed by atoms with van der Waals surface area (Å²) in [5.41, 5.74) is 14.8. The van der Waals surface area contributed by atoms with Crippen molar-refractivity contribution in [3.05, 3.63) is 65.5 Å². The number of nitrogens with one attached hydrogen (secondary N) is 4. The fourth-order valence-corrected chi connectivity index (χ4v) is 2.79. The van der Waals surface area contributed by atoms with E-state index in [1.165, 1.54) is 6.07 Å². The van der Waals surface area contributed by atoms with Gasteiger partial charge in [-0.25, -0.2) is 9.38 Å². The number of benzene rings is 1. The van der Waals surface area contributed by atoms with E-state index >= 15 is 0 Å². The number of hydrogen-bond donors (Lipinski definition) is 5. The zero-order valence-corrected chi connectivity index (χ0v) is 13.8. The Bertz CT molecular complexity index is 824. The molecule has 130 valence electrons. The van der Waals surface area contributed by atoms with Crippen molar-refractivity contribution < 1.29 is 4.39 Å². The minimum Gasteiger partial charge on any atom is -0.382 e. The molecule has 0 aliphatic carbocycles. The predicted molar refractivity (Wildman–Crippen MR) is 96.6 cm³/mol. The van der Waals surface area contributed by atoms with Crippen molar-refractivity contribution in [2.45, 2.75) is 19.3 Å². The first-order valence-corrected chi connectivity index (χ1v) is 7.92. The van der Waals surface area contributed by atoms with E-state index < -0.39 is 0 Å². The molecule has 3 rings (SSSR count). The van der Waals surface area contributed by atoms with Crippen LogP contribution < -0.4 is 21.7 Å². The molecule has 6 N–H and O–H groups in total. The van der Waals surface area contributed by atoms with Crippen molar-refractivity contribution in [2.75, 3.05) is 5.01 Å². The molecule has 1 unspecified atom stereocenters. The van der Waals surface area contributed by atoms with E-state index in [0.29, 0.717) is 11.4 Å². The van der Waals surface area contributed by atoms with Crippen LogP contribution in [0.4, 0.5) is 10.1 Å². The summed E-state index contributed by atoms with van der Waals surface area (Å²) in [6.07, 6.45) is 3.57. The van der Waals surface area contributed by atoms with Crippen LogP contribution in [-0.2, 0) is 0 Å². The standard InChI is InChI=1S/C17H20FN7/c1-2-11(13-7-8-14(22-13)17(20)21-10-19)15-9-25(24-23-15)16-6-4-3-5-12(16)18/h3-11,22-24H,2H2,1H3,(H3,19,20,21). The topological polar surface area (TPSA) is 105 Å². The first kappa shape index (κ1) is 16.7. The summed E-state index contributed by atoms with van der Waals surface area (Å²) in [5.74, 6) is 0.00140. The normalized spacial score (nSPS) is 15.7. The molecule has 0 amide bonds. The highest BCUT2D eigenvalue weighted by Crippen LogP contribution is 2.29. The molecule has 1 atom stereocenters. The zero-order valence-electron chi connectivity index (χ0n) is 13.8. The Morgan fingerprint density at radius 1 is 1.36 bits per heavy atom. The lowest BCUT2D eigenvalue weighted by atomic mass is 9.99. The third-order valence-corrected chi connectivity index (χ3v) is 4.05. The number of allylic oxidation sites excluding steroid dienone is 1. The highest BCUT2D eigenvalue weighted by atomic mass is 19.1. The van der Waals surface area contributed by atoms with Crippen LogP contribution in [0.3, 0.4) is 0 Å². The molecule has 0 radical (unpaired) electrons. The fraction of sp³-hybridized carbons (Fsp3) is 0.176. The number of aromatic amines is 1. The van der Waals surface area contributed by atoms with Gasteiger partial charge in [0.15, 0.2) is 0 Å². The SMILES string of the molecule is CCC(C1=CN(c2ccccc2F)NN1)c1ccc(C(N)=NC=N)[nH]1. The van der Waals surface area contributed by atoms with Gasteiger partial charge in [-0.1, -0.05) is 19.1 Å². The molecule has 0 fully saturated rings. The number of nitrogens with two attached hydrogens (primary N) is 1. The molecule has 25 heavy (non-hydrogen) atoms. The Balaban J connectivity index is 1.85. The van der Waals surface area contributed by atoms with Crippen LogP contribution >= 0.6 is 0 Å². The van der Waals surface area contributed by atoms with Gasteiger partial charge in [0, 0.05) is 17.8 Å². The van der Waals surface area contributed by atoms with Crippen molar-refractivity contribution in [3.63, 3.8) is 0 Å². The Labute approximate surface area is 144 Å². The predicted octanol–water partition coefficient (Wildman–Crippen LogP) is 2.33. The summed E-state index contributed by atoms with van der Waals surface area (Å²) < 4.78 is 13.9. The highest BCUT2D eigenvalue weighted by molar-refractivity contribution is 5.99. The smallest absolute Gasteiger partial charge is 0.148 e. The molecule has 0 spiro atoms. The molecule has 7 nitrogen and oxygen atoms in total. The second-order valence-electron chi connectivity index (χ2n) is 5.57. The number of amidine groups is 1. The molecule has 2 heterocycles. The summed E-state index contributed by atoms with van der Waals surface area (Å²) in [4.78, 5) is 7.00. The van der Waals surface area contributed by atoms with Gasteiger partial charge < -0.3 is 16.1 Å². The van der Waals surface area contributed by atoms with Crippen LogP contribution in [0.2, 0.25) is 0 Å². The quantitative estimate of drug-likeness (QED) is 0.411. The van der Waals surface area contributed by atoms with Gasteiger partial charge in [0.05, 0.1) is 17.1 Å². The van der Waals surface area contributed by atoms with Crippen molar-refractivity contribution in [2.24, 2.45) is 10.7 Å². The van der Waals surface area contributed by atoms with E-state index in [1.54, 1.807) is 23.2 Å². The molecule has 1 aromatic carbocycles. The second kappa shape index (κ2) is 7.18. The average Bonchev–Trinajstić information content (AvgIpc) is 3.27. The van der Waals surface area contributed by atoms with Crippen LogP contribution in [-0.4, -0.2) is 17.2 Å². The van der Waals surface area contributed by atoms with Crippen molar-refractivity contribution in [3.8, 4) is 0 Å². The third kappa shape index (κ3) is 3.38. The van der Waals surface area contributed by atoms with Gasteiger partial charge in [-0.2, -0.15) is 0 Å². The molecular formula is C17H20FN7. The lowest BCUT2D eigenvalue weighted by Gasteiger charge is -2.16. The summed E-state index contributed by atoms with van der Waals surface area (Å²) >= 11 is 0. The third-order valence-electron chi connectivity index (χ3n) is 4.05. The summed E-state index contributed by atoms with van der Waals surface area (Å²) in [5, 5.41) is 8.61. The van der Waals surface area contributed by atoms with Crippen molar-refractivity contribution in [1.29, 1.82) is 5.41 Å². The number of halogens is 1. The van der Waals surface area contributed by atoms with E-state index in [4.69, 9.17) is 11.1 Å². The number of hydrazine groups is 2. The Kier molecular flexibility index (Phi) is 4.80. The van der Waals surface area contributed by atoms with Crippen LogP contribution in [0, 0.1) is 11.2 Å². The van der Waals surface area contributed by atoms with E-state index in [1.807, 2.05) is 18.3 Å². The molecule has 1 aliphatic heterocycles. The van der Waals surface area contributed by atoms with Gasteiger partial charge >= 0.3 is 0 Å². The van der Waals surface area contributed by atoms with Crippen molar-refractivity contribution >= 4 is 17.9 Å². The van der Waals surface area contributed by atoms with Gasteiger partial charge in [-0.3, -0.25) is 10.4 Å². The molecule has 8 heteroatoms. The number of hydrogen-bond acceptors (Lipinski definition) is 4. The Hall–Kier alpha value is -3.13. The van der Waals surface area contributed by atoms with Gasteiger partial charge in [0.25, 0.3) is 0 Å². The molecule has 1 aliphatic rings. The summed E-state index contributed by atoms with van der Waals surface area (Å²) in [6, 6.07) is 10.3. The maximum absolute atomic E-state index is 13.9. The van der Waals surface area contributed by atoms with Gasteiger partial charge in [0.1, 0.15) is 18.0 Å². The van der Waals surface area contributed by atoms with E-state index in [0.717, 1.165) is 24.2 Å². The Morgan fingerprint density at radius 3 is 2.88 bits per heavy atom. The maximum Gasteiger partial charge on any atom is 0.148 e. The number of aliphatic imine (C=N–C) groups is 1. The largest absolute Gasteiger partial charge is 0.382 e. The molecular weight excluding hydrogens is 321 g/mol. The average molecular weight is 341 g/mol. The second-order valence-corrected chi connectivity index (χ2v) is 5.57. The number of anilines is 1. The molecule has 0 saturated carbocycles. The van der Waals surface area contributed by atoms with E-state index in [9.17, 15) is 4.39 Å². The zero-order chi connectivity index (χ0) is 17.8. The van der Waals surface area contributed by atoms with Gasteiger partial charge in [-0.15, -0.1) is 5.53 Å². The number of rotatable bonds is 6. The first-order chi connectivity index (χ1) is 12.1. The minimum atomic E-state index is -0.305. The lowest BCUT2D eigenvalue weighted by Crippen LogP contribution is -2.37. The minimum absolute atomic E-state index is 0.0470. The summed E-state index contributed by atoms with van der Waals surface area (Å²) in [6.45, 7) is 2.06. The summed E-state index contributed by atoms with van der Waals surface area (Å²) in [7, 11) is 0. The molecule has 0 bridgehead atoms. The van der Waals surface area contributed by atoms with Crippen LogP contribution in [0.25, 0.3) is 0 Å². The lowest BCUT2D eigenvalue weighted by molar-refractivity contribution is 0.582. The molecule has 2 aromatic rings. The maximum atomic E-state index is 13.9. The number of nitrogens with zero attached hydrogens (tertiary/aromatic N) is 2. The van der Waals surface area contributed by atoms with Crippen LogP contribution in [0.1, 0.15) is 30.7 Å². The van der Waals surface area contributed by atoms with Crippen LogP contribution in [0.15, 0.2) is 53.3 Å². The van der Waals surface area contributed by atoms with Crippen LogP contribution in [0.5, 0.6) is 0 Å². The Morgan fingerprint density at radius 2 is 2.16 bits per heavy atom. The fourth-order valence-electron chi connectivity index (χ4n) is 2.79. The molecule has 0 saturated heterocycles. The monoisotopic (exact) mass is 341 g/mol. The number of H-pyrrole nitrogens is 1.